The Morgan fingerprint density at radius 1 is 1.05 bits per heavy atom. The van der Waals surface area contributed by atoms with Crippen LogP contribution in [0.2, 0.25) is 0 Å². The van der Waals surface area contributed by atoms with Crippen LogP contribution in [0.25, 0.3) is 0 Å². The lowest BCUT2D eigenvalue weighted by Crippen LogP contribution is -2.30. The van der Waals surface area contributed by atoms with Gasteiger partial charge in [0.2, 0.25) is 0 Å². The van der Waals surface area contributed by atoms with Crippen molar-refractivity contribution in [3.8, 4) is 0 Å². The van der Waals surface area contributed by atoms with Gasteiger partial charge in [0.25, 0.3) is 5.91 Å². The van der Waals surface area contributed by atoms with Gasteiger partial charge in [-0.2, -0.15) is 0 Å². The number of para-hydroxylation sites is 1. The fraction of sp³-hybridized carbons (Fsp3) is 0.0667. The van der Waals surface area contributed by atoms with Crippen LogP contribution in [0.3, 0.4) is 0 Å². The summed E-state index contributed by atoms with van der Waals surface area (Å²) in [5.74, 6) is -0.250. The molecule has 1 aromatic carbocycles. The van der Waals surface area contributed by atoms with E-state index in [2.05, 4.69) is 5.32 Å². The van der Waals surface area contributed by atoms with Gasteiger partial charge in [-0.25, -0.2) is 9.69 Å². The molecule has 3 rings (SSSR count). The third-order valence-corrected chi connectivity index (χ3v) is 3.03. The van der Waals surface area contributed by atoms with E-state index in [4.69, 9.17) is 0 Å². The van der Waals surface area contributed by atoms with E-state index in [9.17, 15) is 9.59 Å². The quantitative estimate of drug-likeness (QED) is 0.649. The van der Waals surface area contributed by atoms with Gasteiger partial charge in [0, 0.05) is 5.92 Å². The zero-order valence-electron chi connectivity index (χ0n) is 10.1. The molecule has 0 spiro atoms. The Bertz CT molecular complexity index is 602. The second-order valence-corrected chi connectivity index (χ2v) is 4.33. The van der Waals surface area contributed by atoms with Gasteiger partial charge in [-0.05, 0) is 18.2 Å². The molecule has 19 heavy (non-hydrogen) atoms. The molecule has 0 saturated carbocycles. The van der Waals surface area contributed by atoms with E-state index in [0.29, 0.717) is 11.4 Å². The Kier molecular flexibility index (Phi) is 2.76. The number of urea groups is 1. The Morgan fingerprint density at radius 2 is 1.74 bits per heavy atom. The first kappa shape index (κ1) is 11.5. The van der Waals surface area contributed by atoms with E-state index >= 15 is 0 Å². The minimum absolute atomic E-state index is 0.0648. The highest BCUT2D eigenvalue weighted by Gasteiger charge is 2.34. The van der Waals surface area contributed by atoms with Gasteiger partial charge in [0.1, 0.15) is 5.70 Å². The third kappa shape index (κ3) is 2.08. The zero-order valence-corrected chi connectivity index (χ0v) is 10.1. The number of allylic oxidation sites excluding steroid dienone is 5. The molecule has 4 nitrogen and oxygen atoms in total. The average molecular weight is 252 g/mol. The smallest absolute Gasteiger partial charge is 0.302 e. The average Bonchev–Trinajstić information content (AvgIpc) is 3.01. The lowest BCUT2D eigenvalue weighted by Gasteiger charge is -2.10. The van der Waals surface area contributed by atoms with Crippen LogP contribution in [0.4, 0.5) is 10.5 Å². The van der Waals surface area contributed by atoms with E-state index < -0.39 is 6.03 Å². The van der Waals surface area contributed by atoms with E-state index in [1.807, 2.05) is 30.4 Å². The first-order chi connectivity index (χ1) is 9.25. The number of amides is 3. The fourth-order valence-electron chi connectivity index (χ4n) is 2.11. The van der Waals surface area contributed by atoms with Crippen LogP contribution < -0.4 is 10.2 Å². The van der Waals surface area contributed by atoms with Gasteiger partial charge in [0.05, 0.1) is 5.69 Å². The molecule has 0 unspecified atom stereocenters. The highest BCUT2D eigenvalue weighted by Crippen LogP contribution is 2.22. The van der Waals surface area contributed by atoms with Crippen molar-refractivity contribution < 1.29 is 9.59 Å². The first-order valence-electron chi connectivity index (χ1n) is 6.03. The van der Waals surface area contributed by atoms with Crippen molar-refractivity contribution in [3.63, 3.8) is 0 Å². The molecule has 3 amide bonds. The van der Waals surface area contributed by atoms with E-state index in [0.717, 1.165) is 4.90 Å². The van der Waals surface area contributed by atoms with Crippen LogP contribution in [0.1, 0.15) is 0 Å². The standard InChI is InChI=1S/C15H12N2O2/c18-14-13(10-11-6-4-5-7-11)16-15(19)17(14)12-8-2-1-3-9-12/h1-11H,(H,16,19)/b13-10+. The number of rotatable bonds is 2. The molecule has 1 heterocycles. The van der Waals surface area contributed by atoms with Gasteiger partial charge in [-0.3, -0.25) is 4.79 Å². The molecular weight excluding hydrogens is 240 g/mol. The third-order valence-electron chi connectivity index (χ3n) is 3.03. The monoisotopic (exact) mass is 252 g/mol. The van der Waals surface area contributed by atoms with Crippen molar-refractivity contribution in [1.29, 1.82) is 0 Å². The molecule has 0 radical (unpaired) electrons. The predicted octanol–water partition coefficient (Wildman–Crippen LogP) is 2.37. The van der Waals surface area contributed by atoms with Gasteiger partial charge in [-0.15, -0.1) is 0 Å². The first-order valence-corrected chi connectivity index (χ1v) is 6.03. The summed E-state index contributed by atoms with van der Waals surface area (Å²) in [5, 5.41) is 2.61. The molecule has 1 saturated heterocycles. The fourth-order valence-corrected chi connectivity index (χ4v) is 2.11. The highest BCUT2D eigenvalue weighted by molar-refractivity contribution is 6.26. The zero-order chi connectivity index (χ0) is 13.2. The molecule has 1 aromatic rings. The number of carbonyl (C=O) groups is 2. The number of carbonyl (C=O) groups excluding carboxylic acids is 2. The largest absolute Gasteiger partial charge is 0.333 e. The molecule has 0 aromatic heterocycles. The minimum atomic E-state index is -0.409. The summed E-state index contributed by atoms with van der Waals surface area (Å²) in [5.41, 5.74) is 0.904. The van der Waals surface area contributed by atoms with Crippen LogP contribution in [-0.4, -0.2) is 11.9 Å². The molecule has 1 aliphatic heterocycles. The van der Waals surface area contributed by atoms with E-state index in [1.54, 1.807) is 30.3 Å². The number of nitrogens with one attached hydrogen (secondary N) is 1. The SMILES string of the molecule is O=C1N/C(=C/C2C=CC=C2)C(=O)N1c1ccccc1. The topological polar surface area (TPSA) is 49.4 Å². The number of hydrogen-bond donors (Lipinski definition) is 1. The van der Waals surface area contributed by atoms with Gasteiger partial charge in [-0.1, -0.05) is 42.5 Å². The number of hydrogen-bond acceptors (Lipinski definition) is 2. The normalized spacial score (nSPS) is 20.6. The summed E-state index contributed by atoms with van der Waals surface area (Å²) >= 11 is 0. The van der Waals surface area contributed by atoms with E-state index in [1.165, 1.54) is 0 Å². The Hall–Kier alpha value is -2.62. The summed E-state index contributed by atoms with van der Waals surface area (Å²) in [6.45, 7) is 0. The van der Waals surface area contributed by atoms with Crippen LogP contribution in [0, 0.1) is 5.92 Å². The van der Waals surface area contributed by atoms with Crippen molar-refractivity contribution in [2.75, 3.05) is 4.90 Å². The van der Waals surface area contributed by atoms with Crippen molar-refractivity contribution in [1.82, 2.24) is 5.32 Å². The molecule has 2 aliphatic rings. The maximum absolute atomic E-state index is 12.2. The summed E-state index contributed by atoms with van der Waals surface area (Å²) in [6.07, 6.45) is 9.49. The summed E-state index contributed by atoms with van der Waals surface area (Å²) in [4.78, 5) is 25.3. The van der Waals surface area contributed by atoms with Gasteiger partial charge < -0.3 is 5.32 Å². The molecule has 4 heteroatoms. The number of nitrogens with zero attached hydrogens (tertiary/aromatic N) is 1. The Labute approximate surface area is 110 Å². The second kappa shape index (κ2) is 4.57. The van der Waals surface area contributed by atoms with E-state index in [-0.39, 0.29) is 11.8 Å². The molecule has 0 bridgehead atoms. The lowest BCUT2D eigenvalue weighted by atomic mass is 10.1. The van der Waals surface area contributed by atoms with Crippen LogP contribution in [-0.2, 0) is 4.79 Å². The summed E-state index contributed by atoms with van der Waals surface area (Å²) in [6, 6.07) is 8.48. The molecule has 94 valence electrons. The number of anilines is 1. The van der Waals surface area contributed by atoms with Crippen molar-refractivity contribution in [3.05, 3.63) is 66.4 Å². The Balaban J connectivity index is 1.89. The van der Waals surface area contributed by atoms with Crippen LogP contribution in [0.15, 0.2) is 66.4 Å². The predicted molar refractivity (Wildman–Crippen MR) is 72.3 cm³/mol. The molecule has 1 fully saturated rings. The van der Waals surface area contributed by atoms with Crippen LogP contribution >= 0.6 is 0 Å². The van der Waals surface area contributed by atoms with Gasteiger partial charge >= 0.3 is 6.03 Å². The maximum Gasteiger partial charge on any atom is 0.333 e. The highest BCUT2D eigenvalue weighted by atomic mass is 16.2. The maximum atomic E-state index is 12.2. The summed E-state index contributed by atoms with van der Waals surface area (Å²) in [7, 11) is 0. The summed E-state index contributed by atoms with van der Waals surface area (Å²) < 4.78 is 0. The van der Waals surface area contributed by atoms with Crippen molar-refractivity contribution >= 4 is 17.6 Å². The number of imide groups is 1. The lowest BCUT2D eigenvalue weighted by molar-refractivity contribution is -0.113. The Morgan fingerprint density at radius 3 is 2.42 bits per heavy atom. The van der Waals surface area contributed by atoms with Crippen molar-refractivity contribution in [2.45, 2.75) is 0 Å². The van der Waals surface area contributed by atoms with Crippen LogP contribution in [0.5, 0.6) is 0 Å². The number of benzene rings is 1. The minimum Gasteiger partial charge on any atom is -0.302 e. The van der Waals surface area contributed by atoms with Gasteiger partial charge in [0.15, 0.2) is 0 Å². The van der Waals surface area contributed by atoms with Crippen molar-refractivity contribution in [2.24, 2.45) is 5.92 Å². The second-order valence-electron chi connectivity index (χ2n) is 4.33. The molecular formula is C15H12N2O2. The molecule has 1 aliphatic carbocycles. The molecule has 1 N–H and O–H groups in total. The molecule has 0 atom stereocenters.